The molecule has 1 aromatic rings. The van der Waals surface area contributed by atoms with Crippen molar-refractivity contribution in [2.45, 2.75) is 6.42 Å². The predicted octanol–water partition coefficient (Wildman–Crippen LogP) is 2.63. The Morgan fingerprint density at radius 3 is 2.42 bits per heavy atom. The highest BCUT2D eigenvalue weighted by molar-refractivity contribution is 6.39. The molecule has 0 amide bonds. The maximum absolute atomic E-state index is 10.9. The average molecular weight is 306 g/mol. The Bertz CT molecular complexity index is 556. The molecule has 0 aliphatic rings. The molecule has 6 nitrogen and oxygen atoms in total. The number of carboxylic acid groups (broad SMARTS) is 2. The summed E-state index contributed by atoms with van der Waals surface area (Å²) in [7, 11) is 1.33. The monoisotopic (exact) mass is 305 g/mol. The van der Waals surface area contributed by atoms with Crippen LogP contribution in [0.2, 0.25) is 10.0 Å². The fourth-order valence-electron chi connectivity index (χ4n) is 1.28. The summed E-state index contributed by atoms with van der Waals surface area (Å²) >= 11 is 11.6. The zero-order valence-electron chi connectivity index (χ0n) is 9.68. The Labute approximate surface area is 118 Å². The standard InChI is InChI=1S/C11H9Cl2NO5/c1-19-10-6(13)2-5(12)3-7(10)14-8(11(17)18)4-9(15)16/h2-3H,4H2,1H3,(H,15,16)(H,17,18). The van der Waals surface area contributed by atoms with Crippen molar-refractivity contribution in [1.82, 2.24) is 0 Å². The van der Waals surface area contributed by atoms with Gasteiger partial charge in [-0.2, -0.15) is 0 Å². The number of hydrogen-bond donors (Lipinski definition) is 2. The molecule has 0 radical (unpaired) electrons. The van der Waals surface area contributed by atoms with Gasteiger partial charge in [0.05, 0.1) is 18.6 Å². The molecule has 0 aliphatic carbocycles. The smallest absolute Gasteiger partial charge is 0.350 e. The lowest BCUT2D eigenvalue weighted by Crippen LogP contribution is -2.17. The third-order valence-corrected chi connectivity index (χ3v) is 2.51. The van der Waals surface area contributed by atoms with Gasteiger partial charge in [0.1, 0.15) is 11.4 Å². The SMILES string of the molecule is COc1c(Cl)cc(Cl)cc1N=C(CC(=O)O)C(=O)O. The first-order valence-corrected chi connectivity index (χ1v) is 5.66. The number of halogens is 2. The van der Waals surface area contributed by atoms with Crippen LogP contribution in [0, 0.1) is 0 Å². The van der Waals surface area contributed by atoms with Crippen LogP contribution in [0.15, 0.2) is 17.1 Å². The van der Waals surface area contributed by atoms with E-state index in [9.17, 15) is 9.59 Å². The molecule has 0 unspecified atom stereocenters. The molecule has 0 atom stereocenters. The van der Waals surface area contributed by atoms with Gasteiger partial charge in [-0.05, 0) is 12.1 Å². The van der Waals surface area contributed by atoms with Crippen molar-refractivity contribution in [1.29, 1.82) is 0 Å². The van der Waals surface area contributed by atoms with E-state index >= 15 is 0 Å². The number of benzene rings is 1. The van der Waals surface area contributed by atoms with Gasteiger partial charge in [-0.15, -0.1) is 0 Å². The summed E-state index contributed by atoms with van der Waals surface area (Å²) in [5.41, 5.74) is -0.497. The molecule has 0 saturated carbocycles. The third kappa shape index (κ3) is 4.11. The number of carbonyl (C=O) groups is 2. The van der Waals surface area contributed by atoms with E-state index in [-0.39, 0.29) is 21.5 Å². The summed E-state index contributed by atoms with van der Waals surface area (Å²) in [6.45, 7) is 0. The van der Waals surface area contributed by atoms with Crippen molar-refractivity contribution < 1.29 is 24.5 Å². The Hall–Kier alpha value is -1.79. The normalized spacial score (nSPS) is 11.2. The summed E-state index contributed by atoms with van der Waals surface area (Å²) in [6, 6.07) is 2.73. The van der Waals surface area contributed by atoms with Gasteiger partial charge in [0.15, 0.2) is 5.75 Å². The highest BCUT2D eigenvalue weighted by atomic mass is 35.5. The molecule has 1 rings (SSSR count). The van der Waals surface area contributed by atoms with E-state index in [1.807, 2.05) is 0 Å². The molecule has 8 heteroatoms. The Morgan fingerprint density at radius 2 is 1.95 bits per heavy atom. The van der Waals surface area contributed by atoms with Crippen LogP contribution >= 0.6 is 23.2 Å². The molecular formula is C11H9Cl2NO5. The van der Waals surface area contributed by atoms with E-state index in [2.05, 4.69) is 4.99 Å². The summed E-state index contributed by atoms with van der Waals surface area (Å²) in [4.78, 5) is 25.2. The van der Waals surface area contributed by atoms with Gasteiger partial charge in [-0.3, -0.25) is 4.79 Å². The van der Waals surface area contributed by atoms with Crippen molar-refractivity contribution in [2.24, 2.45) is 4.99 Å². The second kappa shape index (κ2) is 6.40. The van der Waals surface area contributed by atoms with Crippen molar-refractivity contribution in [3.05, 3.63) is 22.2 Å². The molecule has 0 heterocycles. The number of rotatable bonds is 5. The number of aliphatic imine (C=N–C) groups is 1. The Morgan fingerprint density at radius 1 is 1.32 bits per heavy atom. The minimum absolute atomic E-state index is 0.0543. The fraction of sp³-hybridized carbons (Fsp3) is 0.182. The fourth-order valence-corrected chi connectivity index (χ4v) is 1.84. The quantitative estimate of drug-likeness (QED) is 0.815. The summed E-state index contributed by atoms with van der Waals surface area (Å²) in [6.07, 6.45) is -0.734. The van der Waals surface area contributed by atoms with Gasteiger partial charge in [-0.1, -0.05) is 23.2 Å². The summed E-state index contributed by atoms with van der Waals surface area (Å²) in [5, 5.41) is 17.9. The van der Waals surface area contributed by atoms with Crippen LogP contribution in [0.3, 0.4) is 0 Å². The molecule has 0 aliphatic heterocycles. The highest BCUT2D eigenvalue weighted by Gasteiger charge is 2.17. The molecule has 0 saturated heterocycles. The largest absolute Gasteiger partial charge is 0.493 e. The second-order valence-electron chi connectivity index (χ2n) is 3.37. The van der Waals surface area contributed by atoms with E-state index in [1.165, 1.54) is 19.2 Å². The van der Waals surface area contributed by atoms with Crippen LogP contribution in [0.4, 0.5) is 5.69 Å². The van der Waals surface area contributed by atoms with Crippen LogP contribution in [0.1, 0.15) is 6.42 Å². The van der Waals surface area contributed by atoms with E-state index in [0.29, 0.717) is 0 Å². The van der Waals surface area contributed by atoms with E-state index in [1.54, 1.807) is 0 Å². The number of ether oxygens (including phenoxy) is 1. The lowest BCUT2D eigenvalue weighted by Gasteiger charge is -2.08. The molecule has 1 aromatic carbocycles. The summed E-state index contributed by atoms with van der Waals surface area (Å²) in [5.74, 6) is -2.64. The van der Waals surface area contributed by atoms with Crippen LogP contribution in [0.25, 0.3) is 0 Å². The second-order valence-corrected chi connectivity index (χ2v) is 4.22. The zero-order chi connectivity index (χ0) is 14.6. The van der Waals surface area contributed by atoms with Gasteiger partial charge in [-0.25, -0.2) is 9.79 Å². The molecule has 0 spiro atoms. The van der Waals surface area contributed by atoms with E-state index in [4.69, 9.17) is 38.2 Å². The van der Waals surface area contributed by atoms with Crippen molar-refractivity contribution in [2.75, 3.05) is 7.11 Å². The van der Waals surface area contributed by atoms with Gasteiger partial charge in [0, 0.05) is 5.02 Å². The maximum atomic E-state index is 10.9. The molecule has 2 N–H and O–H groups in total. The number of carboxylic acids is 2. The van der Waals surface area contributed by atoms with Crippen molar-refractivity contribution in [3.8, 4) is 5.75 Å². The first-order valence-electron chi connectivity index (χ1n) is 4.90. The first kappa shape index (κ1) is 15.3. The molecular weight excluding hydrogens is 297 g/mol. The topological polar surface area (TPSA) is 96.2 Å². The number of methoxy groups -OCH3 is 1. The lowest BCUT2D eigenvalue weighted by molar-refractivity contribution is -0.137. The minimum atomic E-state index is -1.44. The van der Waals surface area contributed by atoms with Crippen LogP contribution in [-0.2, 0) is 9.59 Å². The third-order valence-electron chi connectivity index (χ3n) is 2.01. The van der Waals surface area contributed by atoms with Crippen LogP contribution in [0.5, 0.6) is 5.75 Å². The first-order chi connectivity index (χ1) is 8.85. The number of hydrogen-bond acceptors (Lipinski definition) is 4. The predicted molar refractivity (Wildman–Crippen MR) is 70.0 cm³/mol. The maximum Gasteiger partial charge on any atom is 0.350 e. The van der Waals surface area contributed by atoms with Gasteiger partial charge in [0.2, 0.25) is 0 Å². The highest BCUT2D eigenvalue weighted by Crippen LogP contribution is 2.38. The number of nitrogens with zero attached hydrogens (tertiary/aromatic N) is 1. The lowest BCUT2D eigenvalue weighted by atomic mass is 10.2. The van der Waals surface area contributed by atoms with Gasteiger partial charge < -0.3 is 14.9 Å². The number of aliphatic carboxylic acids is 2. The van der Waals surface area contributed by atoms with Crippen molar-refractivity contribution in [3.63, 3.8) is 0 Å². The van der Waals surface area contributed by atoms with Crippen molar-refractivity contribution >= 4 is 46.5 Å². The van der Waals surface area contributed by atoms with Crippen LogP contribution < -0.4 is 4.74 Å². The zero-order valence-corrected chi connectivity index (χ0v) is 11.2. The average Bonchev–Trinajstić information content (AvgIpc) is 2.26. The summed E-state index contributed by atoms with van der Waals surface area (Å²) < 4.78 is 4.98. The van der Waals surface area contributed by atoms with Crippen LogP contribution in [-0.4, -0.2) is 35.0 Å². The van der Waals surface area contributed by atoms with E-state index < -0.39 is 24.1 Å². The molecule has 19 heavy (non-hydrogen) atoms. The Kier molecular flexibility index (Phi) is 5.14. The molecule has 0 aromatic heterocycles. The molecule has 0 fully saturated rings. The van der Waals surface area contributed by atoms with Gasteiger partial charge >= 0.3 is 11.9 Å². The van der Waals surface area contributed by atoms with E-state index in [0.717, 1.165) is 0 Å². The molecule has 0 bridgehead atoms. The van der Waals surface area contributed by atoms with Gasteiger partial charge in [0.25, 0.3) is 0 Å². The molecule has 102 valence electrons. The minimum Gasteiger partial charge on any atom is -0.493 e. The Balaban J connectivity index is 3.34.